The first kappa shape index (κ1) is 15.0. The number of hydrogen-bond acceptors (Lipinski definition) is 3. The summed E-state index contributed by atoms with van der Waals surface area (Å²) in [6.07, 6.45) is -0.707. The normalized spacial score (nSPS) is 11.9. The molecule has 0 heterocycles. The molecule has 0 aliphatic rings. The molecule has 1 unspecified atom stereocenters. The Bertz CT molecular complexity index is 417. The van der Waals surface area contributed by atoms with Crippen LogP contribution >= 0.6 is 0 Å². The maximum absolute atomic E-state index is 11.6. The van der Waals surface area contributed by atoms with Crippen molar-refractivity contribution < 1.29 is 19.4 Å². The Balaban J connectivity index is 2.42. The molecule has 0 aliphatic heterocycles. The molecule has 0 spiro atoms. The number of ether oxygens (including phenoxy) is 1. The largest absolute Gasteiger partial charge is 0.481 e. The number of alkyl carbamates (subject to hydrolysis) is 1. The molecule has 5 nitrogen and oxygen atoms in total. The van der Waals surface area contributed by atoms with Gasteiger partial charge in [0.1, 0.15) is 6.61 Å². The highest BCUT2D eigenvalue weighted by Crippen LogP contribution is 2.07. The molecule has 1 atom stereocenters. The summed E-state index contributed by atoms with van der Waals surface area (Å²) in [7, 11) is 0. The zero-order valence-corrected chi connectivity index (χ0v) is 11.1. The van der Waals surface area contributed by atoms with Crippen LogP contribution in [0.25, 0.3) is 0 Å². The molecule has 0 bridgehead atoms. The molecule has 19 heavy (non-hydrogen) atoms. The fourth-order valence-corrected chi connectivity index (χ4v) is 1.56. The summed E-state index contributed by atoms with van der Waals surface area (Å²) in [5.74, 6) is -0.914. The lowest BCUT2D eigenvalue weighted by Crippen LogP contribution is -2.40. The Kier molecular flexibility index (Phi) is 5.85. The van der Waals surface area contributed by atoms with Gasteiger partial charge in [-0.1, -0.05) is 44.2 Å². The van der Waals surface area contributed by atoms with Gasteiger partial charge in [-0.05, 0) is 11.5 Å². The van der Waals surface area contributed by atoms with E-state index in [1.807, 2.05) is 44.2 Å². The summed E-state index contributed by atoms with van der Waals surface area (Å²) in [4.78, 5) is 22.3. The van der Waals surface area contributed by atoms with Crippen LogP contribution in [0.2, 0.25) is 0 Å². The summed E-state index contributed by atoms with van der Waals surface area (Å²) in [5, 5.41) is 11.3. The van der Waals surface area contributed by atoms with Gasteiger partial charge in [0, 0.05) is 6.04 Å². The fraction of sp³-hybridized carbons (Fsp3) is 0.429. The van der Waals surface area contributed by atoms with Crippen LogP contribution in [0.1, 0.15) is 25.8 Å². The van der Waals surface area contributed by atoms with Crippen LogP contribution < -0.4 is 5.32 Å². The monoisotopic (exact) mass is 265 g/mol. The van der Waals surface area contributed by atoms with Crippen molar-refractivity contribution in [1.29, 1.82) is 0 Å². The quantitative estimate of drug-likeness (QED) is 0.828. The molecule has 0 saturated carbocycles. The lowest BCUT2D eigenvalue weighted by atomic mass is 10.0. The number of benzene rings is 1. The Labute approximate surface area is 112 Å². The first-order valence-electron chi connectivity index (χ1n) is 6.18. The van der Waals surface area contributed by atoms with Crippen molar-refractivity contribution in [2.24, 2.45) is 5.92 Å². The number of carbonyl (C=O) groups excluding carboxylic acids is 1. The zero-order chi connectivity index (χ0) is 14.3. The maximum atomic E-state index is 11.6. The van der Waals surface area contributed by atoms with E-state index in [2.05, 4.69) is 5.32 Å². The third-order valence-electron chi connectivity index (χ3n) is 2.72. The number of hydrogen-bond donors (Lipinski definition) is 2. The molecule has 0 saturated heterocycles. The van der Waals surface area contributed by atoms with Crippen LogP contribution in [0.3, 0.4) is 0 Å². The van der Waals surface area contributed by atoms with E-state index in [1.165, 1.54) is 0 Å². The summed E-state index contributed by atoms with van der Waals surface area (Å²) in [5.41, 5.74) is 0.886. The van der Waals surface area contributed by atoms with E-state index in [0.29, 0.717) is 0 Å². The molecule has 0 aliphatic carbocycles. The van der Waals surface area contributed by atoms with Gasteiger partial charge in [-0.2, -0.15) is 0 Å². The average molecular weight is 265 g/mol. The molecule has 1 aromatic rings. The lowest BCUT2D eigenvalue weighted by Gasteiger charge is -2.20. The van der Waals surface area contributed by atoms with Crippen LogP contribution in [0.15, 0.2) is 30.3 Å². The number of amides is 1. The van der Waals surface area contributed by atoms with E-state index < -0.39 is 18.1 Å². The summed E-state index contributed by atoms with van der Waals surface area (Å²) in [6.45, 7) is 3.88. The molecule has 0 radical (unpaired) electrons. The molecule has 5 heteroatoms. The minimum atomic E-state index is -0.943. The van der Waals surface area contributed by atoms with Crippen molar-refractivity contribution in [1.82, 2.24) is 5.32 Å². The Morgan fingerprint density at radius 1 is 1.26 bits per heavy atom. The van der Waals surface area contributed by atoms with Crippen molar-refractivity contribution in [2.75, 3.05) is 0 Å². The number of carboxylic acids is 1. The molecular weight excluding hydrogens is 246 g/mol. The van der Waals surface area contributed by atoms with Crippen molar-refractivity contribution >= 4 is 12.1 Å². The third-order valence-corrected chi connectivity index (χ3v) is 2.72. The van der Waals surface area contributed by atoms with Gasteiger partial charge in [0.05, 0.1) is 6.42 Å². The maximum Gasteiger partial charge on any atom is 0.407 e. The predicted octanol–water partition coefficient (Wildman–Crippen LogP) is 2.41. The van der Waals surface area contributed by atoms with Crippen LogP contribution in [-0.2, 0) is 16.1 Å². The minimum absolute atomic E-state index is 0.0281. The first-order valence-corrected chi connectivity index (χ1v) is 6.18. The predicted molar refractivity (Wildman–Crippen MR) is 70.6 cm³/mol. The van der Waals surface area contributed by atoms with Crippen LogP contribution in [0.4, 0.5) is 4.79 Å². The minimum Gasteiger partial charge on any atom is -0.481 e. The van der Waals surface area contributed by atoms with Gasteiger partial charge >= 0.3 is 12.1 Å². The number of nitrogens with one attached hydrogen (secondary N) is 1. The highest BCUT2D eigenvalue weighted by Gasteiger charge is 2.19. The van der Waals surface area contributed by atoms with Gasteiger partial charge < -0.3 is 15.2 Å². The lowest BCUT2D eigenvalue weighted by molar-refractivity contribution is -0.137. The van der Waals surface area contributed by atoms with E-state index in [1.54, 1.807) is 0 Å². The number of carbonyl (C=O) groups is 2. The summed E-state index contributed by atoms with van der Waals surface area (Å²) >= 11 is 0. The van der Waals surface area contributed by atoms with Crippen molar-refractivity contribution in [2.45, 2.75) is 32.9 Å². The third kappa shape index (κ3) is 5.90. The smallest absolute Gasteiger partial charge is 0.407 e. The molecule has 1 aromatic carbocycles. The summed E-state index contributed by atoms with van der Waals surface area (Å²) in [6, 6.07) is 8.87. The van der Waals surface area contributed by atoms with Crippen LogP contribution in [0, 0.1) is 5.92 Å². The van der Waals surface area contributed by atoms with Gasteiger partial charge in [0.2, 0.25) is 0 Å². The second-order valence-electron chi connectivity index (χ2n) is 4.65. The van der Waals surface area contributed by atoms with Crippen molar-refractivity contribution in [3.05, 3.63) is 35.9 Å². The summed E-state index contributed by atoms with van der Waals surface area (Å²) < 4.78 is 5.05. The molecule has 2 N–H and O–H groups in total. The Morgan fingerprint density at radius 3 is 2.42 bits per heavy atom. The molecule has 0 fully saturated rings. The topological polar surface area (TPSA) is 75.6 Å². The van der Waals surface area contributed by atoms with Crippen LogP contribution in [0.5, 0.6) is 0 Å². The molecule has 1 rings (SSSR count). The SMILES string of the molecule is CC(C)C(CC(=O)O)NC(=O)OCc1ccccc1. The fourth-order valence-electron chi connectivity index (χ4n) is 1.56. The Morgan fingerprint density at radius 2 is 1.89 bits per heavy atom. The second kappa shape index (κ2) is 7.41. The van der Waals surface area contributed by atoms with E-state index in [9.17, 15) is 9.59 Å². The molecule has 104 valence electrons. The second-order valence-corrected chi connectivity index (χ2v) is 4.65. The molecular formula is C14H19NO4. The highest BCUT2D eigenvalue weighted by atomic mass is 16.5. The van der Waals surface area contributed by atoms with Crippen molar-refractivity contribution in [3.63, 3.8) is 0 Å². The first-order chi connectivity index (χ1) is 8.99. The van der Waals surface area contributed by atoms with Gasteiger partial charge in [0.15, 0.2) is 0 Å². The Hall–Kier alpha value is -2.04. The molecule has 1 amide bonds. The van der Waals surface area contributed by atoms with E-state index in [0.717, 1.165) is 5.56 Å². The van der Waals surface area contributed by atoms with E-state index >= 15 is 0 Å². The standard InChI is InChI=1S/C14H19NO4/c1-10(2)12(8-13(16)17)15-14(18)19-9-11-6-4-3-5-7-11/h3-7,10,12H,8-9H2,1-2H3,(H,15,18)(H,16,17). The van der Waals surface area contributed by atoms with Gasteiger partial charge in [-0.3, -0.25) is 4.79 Å². The van der Waals surface area contributed by atoms with E-state index in [4.69, 9.17) is 9.84 Å². The number of aliphatic carboxylic acids is 1. The van der Waals surface area contributed by atoms with Gasteiger partial charge in [-0.15, -0.1) is 0 Å². The van der Waals surface area contributed by atoms with Crippen LogP contribution in [-0.4, -0.2) is 23.2 Å². The van der Waals surface area contributed by atoms with Gasteiger partial charge in [0.25, 0.3) is 0 Å². The van der Waals surface area contributed by atoms with Crippen molar-refractivity contribution in [3.8, 4) is 0 Å². The molecule has 0 aromatic heterocycles. The van der Waals surface area contributed by atoms with Gasteiger partial charge in [-0.25, -0.2) is 4.79 Å². The number of carboxylic acid groups (broad SMARTS) is 1. The van der Waals surface area contributed by atoms with E-state index in [-0.39, 0.29) is 18.9 Å². The number of rotatable bonds is 6. The average Bonchev–Trinajstić information content (AvgIpc) is 2.36. The highest BCUT2D eigenvalue weighted by molar-refractivity contribution is 5.71. The zero-order valence-electron chi connectivity index (χ0n) is 11.1.